The minimum Gasteiger partial charge on any atom is -0.461 e. The van der Waals surface area contributed by atoms with Gasteiger partial charge in [-0.25, -0.2) is 13.2 Å². The number of nitriles is 1. The van der Waals surface area contributed by atoms with E-state index in [0.717, 1.165) is 30.7 Å². The number of halogens is 4. The zero-order chi connectivity index (χ0) is 35.2. The number of hydrogen-bond donors (Lipinski definition) is 2. The molecule has 6 heterocycles. The molecule has 50 heavy (non-hydrogen) atoms. The number of rotatable bonds is 6. The van der Waals surface area contributed by atoms with Gasteiger partial charge in [0.15, 0.2) is 5.82 Å². The molecule has 15 heteroatoms. The van der Waals surface area contributed by atoms with Crippen molar-refractivity contribution in [2.45, 2.75) is 75.9 Å². The lowest BCUT2D eigenvalue weighted by atomic mass is 9.95. The molecule has 6 atom stereocenters. The highest BCUT2D eigenvalue weighted by Crippen LogP contribution is 2.46. The maximum atomic E-state index is 17.1. The fourth-order valence-electron chi connectivity index (χ4n) is 8.27. The third-order valence-corrected chi connectivity index (χ3v) is 12.2. The fourth-order valence-corrected chi connectivity index (χ4v) is 9.51. The second-order valence-corrected chi connectivity index (χ2v) is 15.6. The Morgan fingerprint density at radius 2 is 2.00 bits per heavy atom. The molecular weight excluding hydrogens is 689 g/mol. The topological polar surface area (TPSA) is 134 Å². The third kappa shape index (κ3) is 5.23. The van der Waals surface area contributed by atoms with Gasteiger partial charge in [0.1, 0.15) is 47.0 Å². The number of ether oxygens (including phenoxy) is 1. The highest BCUT2D eigenvalue weighted by atomic mass is 35.5. The number of anilines is 2. The van der Waals surface area contributed by atoms with Crippen LogP contribution in [-0.2, 0) is 4.79 Å². The molecule has 4 aromatic rings. The number of nitrogens with one attached hydrogen (secondary N) is 1. The molecule has 4 saturated heterocycles. The summed E-state index contributed by atoms with van der Waals surface area (Å²) in [5, 5.41) is 13.7. The van der Waals surface area contributed by atoms with E-state index in [1.54, 1.807) is 6.07 Å². The molecule has 0 aliphatic carbocycles. The summed E-state index contributed by atoms with van der Waals surface area (Å²) in [6, 6.07) is 5.65. The molecule has 2 aromatic carbocycles. The van der Waals surface area contributed by atoms with Crippen LogP contribution in [0.25, 0.3) is 32.1 Å². The van der Waals surface area contributed by atoms with Gasteiger partial charge in [-0.15, -0.1) is 11.3 Å². The first-order valence-electron chi connectivity index (χ1n) is 16.9. The Morgan fingerprint density at radius 3 is 2.74 bits per heavy atom. The Labute approximate surface area is 295 Å². The second kappa shape index (κ2) is 12.1. The van der Waals surface area contributed by atoms with Gasteiger partial charge in [0.2, 0.25) is 5.91 Å². The Kier molecular flexibility index (Phi) is 8.06. The van der Waals surface area contributed by atoms with E-state index in [9.17, 15) is 18.8 Å². The third-order valence-electron chi connectivity index (χ3n) is 10.9. The molecule has 8 rings (SSSR count). The number of fused-ring (bicyclic) bond motifs is 3. The van der Waals surface area contributed by atoms with Gasteiger partial charge in [0.25, 0.3) is 0 Å². The van der Waals surface area contributed by atoms with Gasteiger partial charge in [-0.05, 0) is 57.9 Å². The van der Waals surface area contributed by atoms with Crippen molar-refractivity contribution in [2.24, 2.45) is 0 Å². The highest BCUT2D eigenvalue weighted by molar-refractivity contribution is 7.23. The van der Waals surface area contributed by atoms with Crippen LogP contribution in [0.5, 0.6) is 6.01 Å². The first-order chi connectivity index (χ1) is 23.9. The summed E-state index contributed by atoms with van der Waals surface area (Å²) < 4.78 is 53.0. The normalized spacial score (nSPS) is 28.0. The van der Waals surface area contributed by atoms with Crippen LogP contribution in [0.15, 0.2) is 18.2 Å². The first kappa shape index (κ1) is 33.3. The molecule has 0 bridgehead atoms. The van der Waals surface area contributed by atoms with Crippen molar-refractivity contribution in [2.75, 3.05) is 43.4 Å². The predicted molar refractivity (Wildman–Crippen MR) is 187 cm³/mol. The quantitative estimate of drug-likeness (QED) is 0.243. The number of hydrogen-bond acceptors (Lipinski definition) is 10. The van der Waals surface area contributed by atoms with E-state index >= 15 is 4.39 Å². The summed E-state index contributed by atoms with van der Waals surface area (Å²) in [6.45, 7) is 8.01. The summed E-state index contributed by atoms with van der Waals surface area (Å²) in [6.07, 6.45) is 1.08. The average Bonchev–Trinajstić information content (AvgIpc) is 3.36. The number of alkyl halides is 1. The van der Waals surface area contributed by atoms with Crippen LogP contribution in [0, 0.1) is 23.0 Å². The number of carbonyl (C=O) groups excluding carboxylic acids is 1. The van der Waals surface area contributed by atoms with E-state index < -0.39 is 23.3 Å². The Morgan fingerprint density at radius 1 is 1.22 bits per heavy atom. The van der Waals surface area contributed by atoms with E-state index in [1.165, 1.54) is 12.1 Å². The number of piperazine rings is 1. The standard InChI is InChI=1S/C35H36ClF3N8O2S/c1-16-13-47(33(48)28-18(3)42-28)17(2)12-46(16)32-21-9-23(36)26(20-5-6-24(38)30-25(20)22(11-40)31(41)50-30)27(39)29(21)43-34(44-32)49-15-35-7-4-8-45(35)14-19(37)10-35/h5-6,9,16-19,28,42H,4,7-8,10,12-15,41H2,1-3H3/t16-,17+,18-,19+,28+,35-/m0/s1. The zero-order valence-electron chi connectivity index (χ0n) is 27.8. The number of aromatic nitrogens is 2. The zero-order valence-corrected chi connectivity index (χ0v) is 29.3. The number of amides is 1. The van der Waals surface area contributed by atoms with Gasteiger partial charge in [-0.1, -0.05) is 17.7 Å². The number of benzene rings is 2. The molecular formula is C35H36ClF3N8O2S. The van der Waals surface area contributed by atoms with Crippen molar-refractivity contribution in [3.63, 3.8) is 0 Å². The van der Waals surface area contributed by atoms with Crippen LogP contribution in [0.2, 0.25) is 5.02 Å². The largest absolute Gasteiger partial charge is 0.461 e. The SMILES string of the molecule is C[C@@H]1N[C@H]1C(=O)N1C[C@H](C)N(c2nc(OC[C@@]34CCCN3C[C@H](F)C4)nc3c(F)c(-c4ccc(F)c5sc(N)c(C#N)c45)c(Cl)cc23)C[C@H]1C. The van der Waals surface area contributed by atoms with Gasteiger partial charge >= 0.3 is 6.01 Å². The molecule has 0 radical (unpaired) electrons. The van der Waals surface area contributed by atoms with Gasteiger partial charge in [-0.2, -0.15) is 15.2 Å². The summed E-state index contributed by atoms with van der Waals surface area (Å²) in [5.41, 5.74) is 5.70. The van der Waals surface area contributed by atoms with Crippen LogP contribution >= 0.6 is 22.9 Å². The molecule has 4 aliphatic rings. The predicted octanol–water partition coefficient (Wildman–Crippen LogP) is 5.64. The van der Waals surface area contributed by atoms with Gasteiger partial charge in [0, 0.05) is 60.5 Å². The number of nitrogen functional groups attached to an aromatic ring is 1. The Balaban J connectivity index is 1.26. The number of nitrogens with two attached hydrogens (primary N) is 1. The molecule has 3 N–H and O–H groups in total. The lowest BCUT2D eigenvalue weighted by Gasteiger charge is -2.45. The maximum absolute atomic E-state index is 17.1. The molecule has 262 valence electrons. The molecule has 0 unspecified atom stereocenters. The molecule has 0 saturated carbocycles. The van der Waals surface area contributed by atoms with E-state index in [1.807, 2.05) is 36.6 Å². The molecule has 4 fully saturated rings. The van der Waals surface area contributed by atoms with E-state index in [0.29, 0.717) is 37.3 Å². The summed E-state index contributed by atoms with van der Waals surface area (Å²) in [4.78, 5) is 28.7. The fraction of sp³-hybridized carbons (Fsp3) is 0.486. The molecule has 1 amide bonds. The highest BCUT2D eigenvalue weighted by Gasteiger charge is 2.50. The van der Waals surface area contributed by atoms with E-state index in [-0.39, 0.29) is 85.0 Å². The summed E-state index contributed by atoms with van der Waals surface area (Å²) in [5.74, 6) is -0.948. The van der Waals surface area contributed by atoms with Crippen molar-refractivity contribution in [3.8, 4) is 23.2 Å². The Hall–Kier alpha value is -3.90. The molecule has 2 aromatic heterocycles. The summed E-state index contributed by atoms with van der Waals surface area (Å²) >= 11 is 7.80. The van der Waals surface area contributed by atoms with Crippen molar-refractivity contribution < 1.29 is 22.7 Å². The minimum absolute atomic E-state index is 0.0128. The smallest absolute Gasteiger partial charge is 0.319 e. The lowest BCUT2D eigenvalue weighted by Crippen LogP contribution is -2.59. The summed E-state index contributed by atoms with van der Waals surface area (Å²) in [7, 11) is 0. The van der Waals surface area contributed by atoms with Crippen LogP contribution in [0.1, 0.15) is 45.6 Å². The van der Waals surface area contributed by atoms with Crippen molar-refractivity contribution in [1.29, 1.82) is 5.26 Å². The Bertz CT molecular complexity index is 2110. The second-order valence-electron chi connectivity index (χ2n) is 14.2. The van der Waals surface area contributed by atoms with Gasteiger partial charge in [-0.3, -0.25) is 15.0 Å². The molecule has 10 nitrogen and oxygen atoms in total. The van der Waals surface area contributed by atoms with Crippen molar-refractivity contribution in [3.05, 3.63) is 40.4 Å². The first-order valence-corrected chi connectivity index (χ1v) is 18.1. The van der Waals surface area contributed by atoms with Crippen molar-refractivity contribution >= 4 is 60.7 Å². The maximum Gasteiger partial charge on any atom is 0.319 e. The number of nitrogens with zero attached hydrogens (tertiary/aromatic N) is 6. The monoisotopic (exact) mass is 724 g/mol. The van der Waals surface area contributed by atoms with Gasteiger partial charge in [0.05, 0.1) is 20.8 Å². The minimum atomic E-state index is -0.957. The van der Waals surface area contributed by atoms with E-state index in [2.05, 4.69) is 15.2 Å². The molecule has 4 aliphatic heterocycles. The van der Waals surface area contributed by atoms with Crippen LogP contribution in [-0.4, -0.2) is 94.3 Å². The van der Waals surface area contributed by atoms with Crippen molar-refractivity contribution in [1.82, 2.24) is 25.1 Å². The van der Waals surface area contributed by atoms with Gasteiger partial charge < -0.3 is 20.3 Å². The van der Waals surface area contributed by atoms with Crippen LogP contribution in [0.4, 0.5) is 24.0 Å². The van der Waals surface area contributed by atoms with E-state index in [4.69, 9.17) is 27.1 Å². The number of thiophene rings is 1. The van der Waals surface area contributed by atoms with Crippen LogP contribution in [0.3, 0.4) is 0 Å². The average molecular weight is 725 g/mol. The lowest BCUT2D eigenvalue weighted by molar-refractivity contribution is -0.133. The molecule has 0 spiro atoms. The van der Waals surface area contributed by atoms with Crippen LogP contribution < -0.4 is 20.7 Å². The number of carbonyl (C=O) groups is 1.